The minimum atomic E-state index is -0.578. The Morgan fingerprint density at radius 3 is 2.89 bits per heavy atom. The fourth-order valence-corrected chi connectivity index (χ4v) is 2.59. The van der Waals surface area contributed by atoms with E-state index in [1.807, 2.05) is 11.4 Å². The van der Waals surface area contributed by atoms with E-state index in [0.29, 0.717) is 17.3 Å². The first kappa shape index (κ1) is 13.8. The van der Waals surface area contributed by atoms with E-state index in [1.54, 1.807) is 0 Å². The van der Waals surface area contributed by atoms with Gasteiger partial charge in [-0.3, -0.25) is 0 Å². The molecule has 2 rings (SSSR count). The highest BCUT2D eigenvalue weighted by Crippen LogP contribution is 2.22. The number of thiophene rings is 1. The van der Waals surface area contributed by atoms with Gasteiger partial charge >= 0.3 is 5.97 Å². The number of nitrogens with one attached hydrogen (secondary N) is 1. The molecular formula is C13H11ClFNO2S. The van der Waals surface area contributed by atoms with Crippen LogP contribution < -0.4 is 5.32 Å². The summed E-state index contributed by atoms with van der Waals surface area (Å²) in [7, 11) is 1.26. The summed E-state index contributed by atoms with van der Waals surface area (Å²) in [6, 6.07) is 5.78. The second-order valence-corrected chi connectivity index (χ2v) is 5.20. The molecule has 19 heavy (non-hydrogen) atoms. The van der Waals surface area contributed by atoms with Gasteiger partial charge in [-0.2, -0.15) is 0 Å². The van der Waals surface area contributed by atoms with Crippen LogP contribution in [0.25, 0.3) is 0 Å². The standard InChI is InChI=1S/C13H11ClFNO2S/c1-18-13(17)11-5-9(15)2-3-12(11)16-6-10-4-8(14)7-19-10/h2-5,7,16H,6H2,1H3. The number of benzene rings is 1. The van der Waals surface area contributed by atoms with Gasteiger partial charge in [-0.25, -0.2) is 9.18 Å². The quantitative estimate of drug-likeness (QED) is 0.869. The van der Waals surface area contributed by atoms with Crippen LogP contribution in [0.15, 0.2) is 29.6 Å². The molecule has 0 spiro atoms. The van der Waals surface area contributed by atoms with Gasteiger partial charge in [0.1, 0.15) is 5.82 Å². The van der Waals surface area contributed by atoms with Gasteiger partial charge in [0.2, 0.25) is 0 Å². The molecule has 0 bridgehead atoms. The van der Waals surface area contributed by atoms with Crippen molar-refractivity contribution < 1.29 is 13.9 Å². The lowest BCUT2D eigenvalue weighted by Gasteiger charge is -2.10. The van der Waals surface area contributed by atoms with Gasteiger partial charge in [0.25, 0.3) is 0 Å². The molecule has 1 aromatic carbocycles. The third-order valence-electron chi connectivity index (χ3n) is 2.46. The predicted octanol–water partition coefficient (Wildman–Crippen LogP) is 3.94. The Morgan fingerprint density at radius 1 is 1.47 bits per heavy atom. The zero-order valence-corrected chi connectivity index (χ0v) is 11.6. The van der Waals surface area contributed by atoms with Crippen molar-refractivity contribution in [2.75, 3.05) is 12.4 Å². The maximum Gasteiger partial charge on any atom is 0.340 e. The zero-order chi connectivity index (χ0) is 13.8. The van der Waals surface area contributed by atoms with E-state index in [9.17, 15) is 9.18 Å². The fourth-order valence-electron chi connectivity index (χ4n) is 1.58. The average molecular weight is 300 g/mol. The van der Waals surface area contributed by atoms with Crippen LogP contribution in [0, 0.1) is 5.82 Å². The van der Waals surface area contributed by atoms with Gasteiger partial charge in [0.15, 0.2) is 0 Å². The summed E-state index contributed by atoms with van der Waals surface area (Å²) >= 11 is 7.33. The average Bonchev–Trinajstić information content (AvgIpc) is 2.82. The maximum atomic E-state index is 13.2. The summed E-state index contributed by atoms with van der Waals surface area (Å²) in [5.41, 5.74) is 0.697. The van der Waals surface area contributed by atoms with Crippen molar-refractivity contribution in [2.45, 2.75) is 6.54 Å². The molecule has 0 amide bonds. The summed E-state index contributed by atoms with van der Waals surface area (Å²) < 4.78 is 17.8. The Bertz CT molecular complexity index is 600. The molecule has 0 radical (unpaired) electrons. The number of carbonyl (C=O) groups excluding carboxylic acids is 1. The monoisotopic (exact) mass is 299 g/mol. The Hall–Kier alpha value is -1.59. The zero-order valence-electron chi connectivity index (χ0n) is 10.1. The van der Waals surface area contributed by atoms with Gasteiger partial charge < -0.3 is 10.1 Å². The first-order valence-corrected chi connectivity index (χ1v) is 6.70. The van der Waals surface area contributed by atoms with E-state index in [0.717, 1.165) is 10.9 Å². The molecule has 3 nitrogen and oxygen atoms in total. The van der Waals surface area contributed by atoms with Gasteiger partial charge in [-0.15, -0.1) is 11.3 Å². The first-order valence-electron chi connectivity index (χ1n) is 5.45. The maximum absolute atomic E-state index is 13.2. The number of halogens is 2. The molecule has 1 N–H and O–H groups in total. The van der Waals surface area contributed by atoms with Crippen molar-refractivity contribution >= 4 is 34.6 Å². The highest BCUT2D eigenvalue weighted by molar-refractivity contribution is 7.10. The Labute approximate surface area is 119 Å². The van der Waals surface area contributed by atoms with Gasteiger partial charge in [0.05, 0.1) is 17.7 Å². The summed E-state index contributed by atoms with van der Waals surface area (Å²) in [4.78, 5) is 12.6. The number of methoxy groups -OCH3 is 1. The van der Waals surface area contributed by atoms with Crippen molar-refractivity contribution in [1.29, 1.82) is 0 Å². The van der Waals surface area contributed by atoms with Crippen LogP contribution in [0.5, 0.6) is 0 Å². The second-order valence-electron chi connectivity index (χ2n) is 3.77. The van der Waals surface area contributed by atoms with E-state index in [1.165, 1.54) is 30.6 Å². The lowest BCUT2D eigenvalue weighted by Crippen LogP contribution is -2.08. The molecule has 0 unspecified atom stereocenters. The van der Waals surface area contributed by atoms with Crippen LogP contribution in [0.4, 0.5) is 10.1 Å². The Morgan fingerprint density at radius 2 is 2.26 bits per heavy atom. The molecule has 0 fully saturated rings. The molecule has 1 heterocycles. The number of carbonyl (C=O) groups is 1. The van der Waals surface area contributed by atoms with Crippen molar-refractivity contribution in [3.8, 4) is 0 Å². The minimum absolute atomic E-state index is 0.171. The number of rotatable bonds is 4. The van der Waals surface area contributed by atoms with Crippen molar-refractivity contribution in [3.05, 3.63) is 50.9 Å². The molecule has 0 saturated heterocycles. The minimum Gasteiger partial charge on any atom is -0.465 e. The van der Waals surface area contributed by atoms with Crippen molar-refractivity contribution in [3.63, 3.8) is 0 Å². The van der Waals surface area contributed by atoms with E-state index in [-0.39, 0.29) is 5.56 Å². The lowest BCUT2D eigenvalue weighted by molar-refractivity contribution is 0.0601. The third-order valence-corrected chi connectivity index (χ3v) is 3.75. The highest BCUT2D eigenvalue weighted by Gasteiger charge is 2.13. The highest BCUT2D eigenvalue weighted by atomic mass is 35.5. The molecule has 2 aromatic rings. The summed E-state index contributed by atoms with van der Waals surface area (Å²) in [6.07, 6.45) is 0. The molecule has 0 saturated carbocycles. The molecule has 100 valence electrons. The summed E-state index contributed by atoms with van der Waals surface area (Å²) in [5, 5.41) is 5.57. The lowest BCUT2D eigenvalue weighted by atomic mass is 10.1. The summed E-state index contributed by atoms with van der Waals surface area (Å²) in [5.74, 6) is -1.06. The van der Waals surface area contributed by atoms with Crippen molar-refractivity contribution in [2.24, 2.45) is 0 Å². The number of hydrogen-bond donors (Lipinski definition) is 1. The van der Waals surface area contributed by atoms with E-state index < -0.39 is 11.8 Å². The van der Waals surface area contributed by atoms with E-state index in [4.69, 9.17) is 11.6 Å². The van der Waals surface area contributed by atoms with Gasteiger partial charge in [-0.1, -0.05) is 11.6 Å². The molecule has 1 aromatic heterocycles. The predicted molar refractivity (Wildman–Crippen MR) is 74.4 cm³/mol. The molecule has 6 heteroatoms. The molecular weight excluding hydrogens is 289 g/mol. The molecule has 0 atom stereocenters. The normalized spacial score (nSPS) is 10.3. The summed E-state index contributed by atoms with van der Waals surface area (Å²) in [6.45, 7) is 0.507. The topological polar surface area (TPSA) is 38.3 Å². The number of ether oxygens (including phenoxy) is 1. The third kappa shape index (κ3) is 3.45. The van der Waals surface area contributed by atoms with Crippen LogP contribution in [0.2, 0.25) is 5.02 Å². The second kappa shape index (κ2) is 6.04. The van der Waals surface area contributed by atoms with Crippen LogP contribution >= 0.6 is 22.9 Å². The van der Waals surface area contributed by atoms with Crippen LogP contribution in [-0.4, -0.2) is 13.1 Å². The Kier molecular flexibility index (Phi) is 4.39. The Balaban J connectivity index is 2.17. The first-order chi connectivity index (χ1) is 9.10. The SMILES string of the molecule is COC(=O)c1cc(F)ccc1NCc1cc(Cl)cs1. The number of anilines is 1. The smallest absolute Gasteiger partial charge is 0.340 e. The molecule has 0 aliphatic heterocycles. The fraction of sp³-hybridized carbons (Fsp3) is 0.154. The van der Waals surface area contributed by atoms with Crippen LogP contribution in [0.3, 0.4) is 0 Å². The number of hydrogen-bond acceptors (Lipinski definition) is 4. The van der Waals surface area contributed by atoms with Gasteiger partial charge in [-0.05, 0) is 24.3 Å². The van der Waals surface area contributed by atoms with Gasteiger partial charge in [0, 0.05) is 22.5 Å². The largest absolute Gasteiger partial charge is 0.465 e. The van der Waals surface area contributed by atoms with E-state index >= 15 is 0 Å². The molecule has 0 aliphatic carbocycles. The van der Waals surface area contributed by atoms with Crippen LogP contribution in [-0.2, 0) is 11.3 Å². The number of esters is 1. The van der Waals surface area contributed by atoms with Crippen LogP contribution in [0.1, 0.15) is 15.2 Å². The molecule has 0 aliphatic rings. The van der Waals surface area contributed by atoms with Crippen molar-refractivity contribution in [1.82, 2.24) is 0 Å². The van der Waals surface area contributed by atoms with E-state index in [2.05, 4.69) is 10.1 Å².